The normalized spacial score (nSPS) is 10.5. The van der Waals surface area contributed by atoms with Crippen LogP contribution in [0.4, 0.5) is 5.69 Å². The molecule has 2 aromatic carbocycles. The average Bonchev–Trinajstić information content (AvgIpc) is 2.65. The second kappa shape index (κ2) is 6.66. The van der Waals surface area contributed by atoms with E-state index in [-0.39, 0.29) is 0 Å². The highest BCUT2D eigenvalue weighted by molar-refractivity contribution is 5.95. The van der Waals surface area contributed by atoms with Crippen molar-refractivity contribution in [1.82, 2.24) is 4.98 Å². The Morgan fingerprint density at radius 1 is 0.833 bits per heavy atom. The van der Waals surface area contributed by atoms with Crippen LogP contribution in [0.2, 0.25) is 0 Å². The fraction of sp³-hybridized carbons (Fsp3) is 0.211. The minimum atomic E-state index is 0.659. The van der Waals surface area contributed by atoms with Crippen LogP contribution in [0.3, 0.4) is 0 Å². The minimum Gasteiger partial charge on any atom is -0.497 e. The summed E-state index contributed by atoms with van der Waals surface area (Å²) in [7, 11) is 6.79. The summed E-state index contributed by atoms with van der Waals surface area (Å²) in [6.07, 6.45) is 0. The molecule has 0 amide bonds. The van der Waals surface area contributed by atoms with Crippen LogP contribution in [0.5, 0.6) is 17.2 Å². The van der Waals surface area contributed by atoms with E-state index in [4.69, 9.17) is 19.2 Å². The van der Waals surface area contributed by atoms with Gasteiger partial charge in [0, 0.05) is 29.8 Å². The molecular formula is C19H20N2O3. The first-order chi connectivity index (χ1) is 11.7. The van der Waals surface area contributed by atoms with Gasteiger partial charge in [0.15, 0.2) is 11.5 Å². The Labute approximate surface area is 141 Å². The van der Waals surface area contributed by atoms with Crippen LogP contribution in [0.15, 0.2) is 42.5 Å². The Morgan fingerprint density at radius 3 is 2.08 bits per heavy atom. The minimum absolute atomic E-state index is 0.659. The van der Waals surface area contributed by atoms with Crippen LogP contribution >= 0.6 is 0 Å². The first-order valence-electron chi connectivity index (χ1n) is 7.59. The average molecular weight is 324 g/mol. The SMILES string of the molecule is CNc1cc(-c2ccc(OC)cc2)nc2cc(OC)c(OC)cc12. The van der Waals surface area contributed by atoms with Gasteiger partial charge in [-0.1, -0.05) is 0 Å². The first kappa shape index (κ1) is 15.9. The molecule has 0 spiro atoms. The summed E-state index contributed by atoms with van der Waals surface area (Å²) in [5.74, 6) is 2.16. The molecule has 1 heterocycles. The van der Waals surface area contributed by atoms with Gasteiger partial charge < -0.3 is 19.5 Å². The number of hydrogen-bond donors (Lipinski definition) is 1. The van der Waals surface area contributed by atoms with Crippen molar-refractivity contribution in [2.24, 2.45) is 0 Å². The fourth-order valence-corrected chi connectivity index (χ4v) is 2.67. The lowest BCUT2D eigenvalue weighted by atomic mass is 10.1. The summed E-state index contributed by atoms with van der Waals surface area (Å²) >= 11 is 0. The third-order valence-corrected chi connectivity index (χ3v) is 3.97. The second-order valence-corrected chi connectivity index (χ2v) is 5.26. The van der Waals surface area contributed by atoms with Crippen molar-refractivity contribution in [3.63, 3.8) is 0 Å². The number of pyridine rings is 1. The van der Waals surface area contributed by atoms with Crippen LogP contribution in [0, 0.1) is 0 Å². The largest absolute Gasteiger partial charge is 0.497 e. The van der Waals surface area contributed by atoms with E-state index in [2.05, 4.69) is 5.32 Å². The Kier molecular flexibility index (Phi) is 4.42. The van der Waals surface area contributed by atoms with Crippen molar-refractivity contribution in [3.8, 4) is 28.5 Å². The molecule has 0 saturated carbocycles. The van der Waals surface area contributed by atoms with Crippen molar-refractivity contribution in [3.05, 3.63) is 42.5 Å². The summed E-state index contributed by atoms with van der Waals surface area (Å²) in [6.45, 7) is 0. The van der Waals surface area contributed by atoms with E-state index in [0.717, 1.165) is 33.6 Å². The van der Waals surface area contributed by atoms with Gasteiger partial charge in [0.1, 0.15) is 5.75 Å². The third kappa shape index (κ3) is 2.80. The van der Waals surface area contributed by atoms with Crippen molar-refractivity contribution in [2.45, 2.75) is 0 Å². The zero-order valence-corrected chi connectivity index (χ0v) is 14.2. The molecule has 0 aliphatic heterocycles. The van der Waals surface area contributed by atoms with Crippen molar-refractivity contribution in [1.29, 1.82) is 0 Å². The van der Waals surface area contributed by atoms with Gasteiger partial charge in [-0.15, -0.1) is 0 Å². The van der Waals surface area contributed by atoms with E-state index >= 15 is 0 Å². The smallest absolute Gasteiger partial charge is 0.162 e. The van der Waals surface area contributed by atoms with Crippen LogP contribution in [0.1, 0.15) is 0 Å². The molecule has 0 radical (unpaired) electrons. The number of aromatic nitrogens is 1. The maximum atomic E-state index is 5.39. The van der Waals surface area contributed by atoms with Crippen LogP contribution in [-0.2, 0) is 0 Å². The van der Waals surface area contributed by atoms with E-state index in [1.54, 1.807) is 21.3 Å². The molecule has 0 aliphatic carbocycles. The lowest BCUT2D eigenvalue weighted by molar-refractivity contribution is 0.356. The number of hydrogen-bond acceptors (Lipinski definition) is 5. The molecule has 3 aromatic rings. The number of fused-ring (bicyclic) bond motifs is 1. The van der Waals surface area contributed by atoms with E-state index < -0.39 is 0 Å². The van der Waals surface area contributed by atoms with Crippen LogP contribution in [0.25, 0.3) is 22.2 Å². The Hall–Kier alpha value is -2.95. The van der Waals surface area contributed by atoms with Gasteiger partial charge in [-0.2, -0.15) is 0 Å². The topological polar surface area (TPSA) is 52.6 Å². The molecule has 0 saturated heterocycles. The Morgan fingerprint density at radius 2 is 1.50 bits per heavy atom. The number of methoxy groups -OCH3 is 3. The number of ether oxygens (including phenoxy) is 3. The van der Waals surface area contributed by atoms with E-state index in [1.165, 1.54) is 0 Å². The molecule has 124 valence electrons. The molecule has 1 N–H and O–H groups in total. The number of anilines is 1. The molecule has 0 unspecified atom stereocenters. The second-order valence-electron chi connectivity index (χ2n) is 5.26. The predicted molar refractivity (Wildman–Crippen MR) is 96.4 cm³/mol. The summed E-state index contributed by atoms with van der Waals surface area (Å²) in [6, 6.07) is 13.7. The van der Waals surface area contributed by atoms with Gasteiger partial charge in [0.25, 0.3) is 0 Å². The lowest BCUT2D eigenvalue weighted by Crippen LogP contribution is -1.97. The van der Waals surface area contributed by atoms with Gasteiger partial charge in [-0.05, 0) is 36.4 Å². The number of rotatable bonds is 5. The Balaban J connectivity index is 2.19. The highest BCUT2D eigenvalue weighted by Gasteiger charge is 2.12. The Bertz CT molecular complexity index is 861. The van der Waals surface area contributed by atoms with Gasteiger partial charge in [-0.25, -0.2) is 4.98 Å². The molecule has 0 atom stereocenters. The lowest BCUT2D eigenvalue weighted by Gasteiger charge is -2.13. The molecule has 5 heteroatoms. The molecular weight excluding hydrogens is 304 g/mol. The predicted octanol–water partition coefficient (Wildman–Crippen LogP) is 3.97. The monoisotopic (exact) mass is 324 g/mol. The van der Waals surface area contributed by atoms with E-state index in [9.17, 15) is 0 Å². The quantitative estimate of drug-likeness (QED) is 0.769. The maximum absolute atomic E-state index is 5.39. The van der Waals surface area contributed by atoms with E-state index in [0.29, 0.717) is 11.5 Å². The third-order valence-electron chi connectivity index (χ3n) is 3.97. The number of nitrogens with one attached hydrogen (secondary N) is 1. The highest BCUT2D eigenvalue weighted by Crippen LogP contribution is 2.36. The van der Waals surface area contributed by atoms with Gasteiger partial charge >= 0.3 is 0 Å². The molecule has 0 fully saturated rings. The zero-order chi connectivity index (χ0) is 17.1. The first-order valence-corrected chi connectivity index (χ1v) is 7.59. The van der Waals surface area contributed by atoms with Crippen LogP contribution < -0.4 is 19.5 Å². The zero-order valence-electron chi connectivity index (χ0n) is 14.2. The van der Waals surface area contributed by atoms with Crippen molar-refractivity contribution >= 4 is 16.6 Å². The van der Waals surface area contributed by atoms with Crippen LogP contribution in [-0.4, -0.2) is 33.4 Å². The molecule has 24 heavy (non-hydrogen) atoms. The standard InChI is InChI=1S/C19H20N2O3/c1-20-16-10-15(12-5-7-13(22-2)8-6-12)21-17-11-19(24-4)18(23-3)9-14(16)17/h5-11H,1-4H3,(H,20,21). The highest BCUT2D eigenvalue weighted by atomic mass is 16.5. The van der Waals surface area contributed by atoms with Gasteiger partial charge in [0.2, 0.25) is 0 Å². The summed E-state index contributed by atoms with van der Waals surface area (Å²) in [5.41, 5.74) is 3.71. The summed E-state index contributed by atoms with van der Waals surface area (Å²) in [5, 5.41) is 4.21. The molecule has 0 bridgehead atoms. The molecule has 5 nitrogen and oxygen atoms in total. The summed E-state index contributed by atoms with van der Waals surface area (Å²) < 4.78 is 16.0. The molecule has 3 rings (SSSR count). The van der Waals surface area contributed by atoms with Crippen molar-refractivity contribution < 1.29 is 14.2 Å². The maximum Gasteiger partial charge on any atom is 0.162 e. The van der Waals surface area contributed by atoms with Crippen molar-refractivity contribution in [2.75, 3.05) is 33.7 Å². The molecule has 1 aromatic heterocycles. The fourth-order valence-electron chi connectivity index (χ4n) is 2.67. The van der Waals surface area contributed by atoms with Gasteiger partial charge in [-0.3, -0.25) is 0 Å². The number of nitrogens with zero attached hydrogens (tertiary/aromatic N) is 1. The summed E-state index contributed by atoms with van der Waals surface area (Å²) in [4.78, 5) is 4.78. The van der Waals surface area contributed by atoms with E-state index in [1.807, 2.05) is 49.5 Å². The molecule has 0 aliphatic rings. The van der Waals surface area contributed by atoms with Gasteiger partial charge in [0.05, 0.1) is 32.5 Å². The number of benzene rings is 2.